The Morgan fingerprint density at radius 1 is 1.29 bits per heavy atom. The van der Waals surface area contributed by atoms with Crippen molar-refractivity contribution < 1.29 is 4.79 Å². The molecule has 2 aliphatic rings. The molecular formula is C14H26N2O. The Labute approximate surface area is 105 Å². The summed E-state index contributed by atoms with van der Waals surface area (Å²) in [6, 6.07) is 0. The van der Waals surface area contributed by atoms with Crippen LogP contribution in [0, 0.1) is 11.3 Å². The maximum Gasteiger partial charge on any atom is 0.240 e. The molecule has 0 bridgehead atoms. The van der Waals surface area contributed by atoms with Gasteiger partial charge in [-0.15, -0.1) is 0 Å². The minimum atomic E-state index is -0.328. The third-order valence-electron chi connectivity index (χ3n) is 4.84. The number of amides is 1. The zero-order valence-electron chi connectivity index (χ0n) is 11.4. The van der Waals surface area contributed by atoms with Gasteiger partial charge in [0.1, 0.15) is 0 Å². The van der Waals surface area contributed by atoms with Gasteiger partial charge in [0.15, 0.2) is 0 Å². The molecule has 1 aliphatic carbocycles. The van der Waals surface area contributed by atoms with Gasteiger partial charge in [0.25, 0.3) is 0 Å². The summed E-state index contributed by atoms with van der Waals surface area (Å²) in [6.45, 7) is 8.40. The molecule has 3 heteroatoms. The molecule has 1 unspecified atom stereocenters. The molecule has 0 radical (unpaired) electrons. The smallest absolute Gasteiger partial charge is 0.240 e. The van der Waals surface area contributed by atoms with Crippen LogP contribution in [0.15, 0.2) is 0 Å². The van der Waals surface area contributed by atoms with Crippen LogP contribution >= 0.6 is 0 Å². The summed E-state index contributed by atoms with van der Waals surface area (Å²) < 4.78 is 0. The number of carbonyl (C=O) groups excluding carboxylic acids is 1. The van der Waals surface area contributed by atoms with Crippen molar-refractivity contribution in [2.75, 3.05) is 13.1 Å². The first-order chi connectivity index (χ1) is 7.99. The minimum absolute atomic E-state index is 0.198. The quantitative estimate of drug-likeness (QED) is 0.787. The molecule has 0 spiro atoms. The molecule has 2 fully saturated rings. The van der Waals surface area contributed by atoms with E-state index in [-0.39, 0.29) is 11.4 Å². The van der Waals surface area contributed by atoms with E-state index in [0.29, 0.717) is 11.3 Å². The first kappa shape index (κ1) is 12.9. The van der Waals surface area contributed by atoms with Crippen LogP contribution in [0.25, 0.3) is 0 Å². The molecule has 0 aromatic carbocycles. The lowest BCUT2D eigenvalue weighted by Crippen LogP contribution is -2.57. The fourth-order valence-electron chi connectivity index (χ4n) is 2.82. The zero-order valence-corrected chi connectivity index (χ0v) is 11.4. The summed E-state index contributed by atoms with van der Waals surface area (Å²) in [7, 11) is 0. The van der Waals surface area contributed by atoms with Crippen molar-refractivity contribution in [1.29, 1.82) is 0 Å². The van der Waals surface area contributed by atoms with Gasteiger partial charge < -0.3 is 10.6 Å². The molecule has 2 rings (SSSR count). The standard InChI is InChI=1S/C14H26N2O/c1-11(2)14(7-8-14)10-15-12(17)13(3)6-4-5-9-16-13/h11,16H,4-10H2,1-3H3,(H,15,17). The SMILES string of the molecule is CC(C)C1(CNC(=O)C2(C)CCCCN2)CC1. The molecule has 3 nitrogen and oxygen atoms in total. The molecule has 0 aromatic heterocycles. The number of hydrogen-bond donors (Lipinski definition) is 2. The Hall–Kier alpha value is -0.570. The summed E-state index contributed by atoms with van der Waals surface area (Å²) in [6.07, 6.45) is 5.86. The molecule has 1 amide bonds. The molecule has 1 atom stereocenters. The van der Waals surface area contributed by atoms with Gasteiger partial charge in [0, 0.05) is 6.54 Å². The molecule has 1 aliphatic heterocycles. The second-order valence-corrected chi connectivity index (χ2v) is 6.42. The van der Waals surface area contributed by atoms with Gasteiger partial charge in [0.05, 0.1) is 5.54 Å². The first-order valence-electron chi connectivity index (χ1n) is 7.02. The van der Waals surface area contributed by atoms with E-state index in [1.807, 2.05) is 6.92 Å². The minimum Gasteiger partial charge on any atom is -0.354 e. The Morgan fingerprint density at radius 3 is 2.47 bits per heavy atom. The molecule has 1 saturated heterocycles. The van der Waals surface area contributed by atoms with Gasteiger partial charge in [-0.3, -0.25) is 4.79 Å². The molecular weight excluding hydrogens is 212 g/mol. The third kappa shape index (κ3) is 2.65. The Morgan fingerprint density at radius 2 is 2.00 bits per heavy atom. The van der Waals surface area contributed by atoms with Gasteiger partial charge in [-0.25, -0.2) is 0 Å². The van der Waals surface area contributed by atoms with Crippen LogP contribution < -0.4 is 10.6 Å². The molecule has 2 N–H and O–H groups in total. The van der Waals surface area contributed by atoms with Crippen LogP contribution in [0.4, 0.5) is 0 Å². The van der Waals surface area contributed by atoms with Crippen molar-refractivity contribution in [3.05, 3.63) is 0 Å². The molecule has 1 heterocycles. The average molecular weight is 238 g/mol. The van der Waals surface area contributed by atoms with Crippen molar-refractivity contribution in [2.24, 2.45) is 11.3 Å². The van der Waals surface area contributed by atoms with E-state index in [1.54, 1.807) is 0 Å². The van der Waals surface area contributed by atoms with Crippen LogP contribution in [-0.4, -0.2) is 24.5 Å². The van der Waals surface area contributed by atoms with E-state index in [2.05, 4.69) is 24.5 Å². The predicted octanol–water partition coefficient (Wildman–Crippen LogP) is 2.07. The zero-order chi connectivity index (χ0) is 12.5. The topological polar surface area (TPSA) is 41.1 Å². The van der Waals surface area contributed by atoms with E-state index >= 15 is 0 Å². The second kappa shape index (κ2) is 4.60. The second-order valence-electron chi connectivity index (χ2n) is 6.42. The van der Waals surface area contributed by atoms with Gasteiger partial charge in [-0.1, -0.05) is 13.8 Å². The van der Waals surface area contributed by atoms with Gasteiger partial charge in [-0.2, -0.15) is 0 Å². The summed E-state index contributed by atoms with van der Waals surface area (Å²) in [5.74, 6) is 0.874. The highest BCUT2D eigenvalue weighted by molar-refractivity contribution is 5.86. The van der Waals surface area contributed by atoms with Crippen LogP contribution in [-0.2, 0) is 4.79 Å². The lowest BCUT2D eigenvalue weighted by atomic mass is 9.88. The van der Waals surface area contributed by atoms with E-state index < -0.39 is 0 Å². The van der Waals surface area contributed by atoms with E-state index in [1.165, 1.54) is 19.3 Å². The average Bonchev–Trinajstić information content (AvgIpc) is 3.08. The largest absolute Gasteiger partial charge is 0.354 e. The summed E-state index contributed by atoms with van der Waals surface area (Å²) in [4.78, 5) is 12.2. The van der Waals surface area contributed by atoms with Crippen LogP contribution in [0.3, 0.4) is 0 Å². The highest BCUT2D eigenvalue weighted by atomic mass is 16.2. The van der Waals surface area contributed by atoms with Crippen LogP contribution in [0.1, 0.15) is 52.9 Å². The fraction of sp³-hybridized carbons (Fsp3) is 0.929. The number of carbonyl (C=O) groups is 1. The number of rotatable bonds is 4. The first-order valence-corrected chi connectivity index (χ1v) is 7.02. The van der Waals surface area contributed by atoms with Crippen LogP contribution in [0.2, 0.25) is 0 Å². The van der Waals surface area contributed by atoms with E-state index in [9.17, 15) is 4.79 Å². The highest BCUT2D eigenvalue weighted by Gasteiger charge is 2.46. The maximum atomic E-state index is 12.2. The number of hydrogen-bond acceptors (Lipinski definition) is 2. The van der Waals surface area contributed by atoms with E-state index in [0.717, 1.165) is 25.9 Å². The molecule has 17 heavy (non-hydrogen) atoms. The van der Waals surface area contributed by atoms with Crippen molar-refractivity contribution in [1.82, 2.24) is 10.6 Å². The van der Waals surface area contributed by atoms with Gasteiger partial charge >= 0.3 is 0 Å². The Bertz CT molecular complexity index is 289. The number of piperidine rings is 1. The van der Waals surface area contributed by atoms with Gasteiger partial charge in [0.2, 0.25) is 5.91 Å². The molecule has 1 saturated carbocycles. The van der Waals surface area contributed by atoms with E-state index in [4.69, 9.17) is 0 Å². The van der Waals surface area contributed by atoms with Crippen molar-refractivity contribution in [2.45, 2.75) is 58.4 Å². The predicted molar refractivity (Wildman–Crippen MR) is 69.8 cm³/mol. The number of nitrogens with one attached hydrogen (secondary N) is 2. The molecule has 98 valence electrons. The Kier molecular flexibility index (Phi) is 3.48. The Balaban J connectivity index is 1.85. The van der Waals surface area contributed by atoms with Gasteiger partial charge in [-0.05, 0) is 56.9 Å². The summed E-state index contributed by atoms with van der Waals surface area (Å²) in [5, 5.41) is 6.54. The van der Waals surface area contributed by atoms with Crippen molar-refractivity contribution in [3.8, 4) is 0 Å². The maximum absolute atomic E-state index is 12.2. The van der Waals surface area contributed by atoms with Crippen LogP contribution in [0.5, 0.6) is 0 Å². The fourth-order valence-corrected chi connectivity index (χ4v) is 2.82. The van der Waals surface area contributed by atoms with Crippen molar-refractivity contribution >= 4 is 5.91 Å². The lowest BCUT2D eigenvalue weighted by molar-refractivity contribution is -0.128. The summed E-state index contributed by atoms with van der Waals surface area (Å²) in [5.41, 5.74) is 0.0754. The van der Waals surface area contributed by atoms with Crippen molar-refractivity contribution in [3.63, 3.8) is 0 Å². The monoisotopic (exact) mass is 238 g/mol. The normalized spacial score (nSPS) is 31.3. The summed E-state index contributed by atoms with van der Waals surface area (Å²) >= 11 is 0. The molecule has 0 aromatic rings. The third-order valence-corrected chi connectivity index (χ3v) is 4.84. The lowest BCUT2D eigenvalue weighted by Gasteiger charge is -2.34. The highest BCUT2D eigenvalue weighted by Crippen LogP contribution is 2.51.